The van der Waals surface area contributed by atoms with E-state index in [9.17, 15) is 4.39 Å². The summed E-state index contributed by atoms with van der Waals surface area (Å²) in [6.45, 7) is 2.72. The standard InChI is InChI=1S/C17H17ClFN3OS/c1-2-20-17(24)22-21-10-12-5-3-6-13(9-12)23-11-14-15(18)7-4-8-16(14)19/h3-10H,2,11H2,1H3,(H2,20,22,24)/b21-10+. The zero-order valence-corrected chi connectivity index (χ0v) is 14.6. The third-order valence-electron chi connectivity index (χ3n) is 3.02. The Morgan fingerprint density at radius 2 is 2.12 bits per heavy atom. The van der Waals surface area contributed by atoms with Gasteiger partial charge in [-0.15, -0.1) is 0 Å². The van der Waals surface area contributed by atoms with Crippen LogP contribution in [0.15, 0.2) is 47.6 Å². The molecule has 0 unspecified atom stereocenters. The summed E-state index contributed by atoms with van der Waals surface area (Å²) in [4.78, 5) is 0. The molecule has 24 heavy (non-hydrogen) atoms. The number of thiocarbonyl (C=S) groups is 1. The molecule has 0 aliphatic carbocycles. The molecular weight excluding hydrogens is 349 g/mol. The number of hydrogen-bond donors (Lipinski definition) is 2. The molecule has 0 aromatic heterocycles. The first-order chi connectivity index (χ1) is 11.6. The van der Waals surface area contributed by atoms with Crippen molar-refractivity contribution in [3.63, 3.8) is 0 Å². The summed E-state index contributed by atoms with van der Waals surface area (Å²) in [7, 11) is 0. The van der Waals surface area contributed by atoms with Gasteiger partial charge in [-0.2, -0.15) is 5.10 Å². The van der Waals surface area contributed by atoms with Gasteiger partial charge in [-0.3, -0.25) is 5.43 Å². The molecule has 0 radical (unpaired) electrons. The molecule has 2 N–H and O–H groups in total. The Balaban J connectivity index is 1.98. The summed E-state index contributed by atoms with van der Waals surface area (Å²) in [5.41, 5.74) is 3.85. The first kappa shape index (κ1) is 18.2. The van der Waals surface area contributed by atoms with Gasteiger partial charge in [0.2, 0.25) is 0 Å². The van der Waals surface area contributed by atoms with Crippen molar-refractivity contribution >= 4 is 35.1 Å². The van der Waals surface area contributed by atoms with Crippen LogP contribution in [0, 0.1) is 5.82 Å². The van der Waals surface area contributed by atoms with Crippen molar-refractivity contribution in [2.75, 3.05) is 6.54 Å². The van der Waals surface area contributed by atoms with E-state index in [4.69, 9.17) is 28.6 Å². The van der Waals surface area contributed by atoms with E-state index >= 15 is 0 Å². The lowest BCUT2D eigenvalue weighted by atomic mass is 10.2. The molecule has 0 bridgehead atoms. The second kappa shape index (κ2) is 9.20. The molecule has 2 rings (SSSR count). The van der Waals surface area contributed by atoms with Crippen molar-refractivity contribution in [3.05, 3.63) is 64.4 Å². The quantitative estimate of drug-likeness (QED) is 0.463. The summed E-state index contributed by atoms with van der Waals surface area (Å²) in [6.07, 6.45) is 1.62. The molecule has 0 atom stereocenters. The average Bonchev–Trinajstić information content (AvgIpc) is 2.55. The summed E-state index contributed by atoms with van der Waals surface area (Å²) in [5, 5.41) is 7.75. The van der Waals surface area contributed by atoms with Gasteiger partial charge in [0, 0.05) is 12.1 Å². The zero-order valence-electron chi connectivity index (χ0n) is 13.1. The van der Waals surface area contributed by atoms with Gasteiger partial charge in [0.05, 0.1) is 11.2 Å². The van der Waals surface area contributed by atoms with Gasteiger partial charge >= 0.3 is 0 Å². The minimum atomic E-state index is -0.388. The summed E-state index contributed by atoms with van der Waals surface area (Å²) < 4.78 is 19.3. The Labute approximate surface area is 150 Å². The lowest BCUT2D eigenvalue weighted by Crippen LogP contribution is -2.31. The van der Waals surface area contributed by atoms with Crippen molar-refractivity contribution in [3.8, 4) is 5.75 Å². The van der Waals surface area contributed by atoms with E-state index in [1.807, 2.05) is 19.1 Å². The Morgan fingerprint density at radius 1 is 1.33 bits per heavy atom. The van der Waals surface area contributed by atoms with E-state index < -0.39 is 0 Å². The van der Waals surface area contributed by atoms with Crippen LogP contribution in [-0.4, -0.2) is 17.9 Å². The number of benzene rings is 2. The molecule has 2 aromatic rings. The molecule has 0 aliphatic heterocycles. The monoisotopic (exact) mass is 365 g/mol. The van der Waals surface area contributed by atoms with Gasteiger partial charge in [0.1, 0.15) is 18.2 Å². The fourth-order valence-electron chi connectivity index (χ4n) is 1.88. The first-order valence-corrected chi connectivity index (χ1v) is 8.11. The summed E-state index contributed by atoms with van der Waals surface area (Å²) in [6, 6.07) is 11.8. The Hall–Kier alpha value is -2.18. The maximum Gasteiger partial charge on any atom is 0.186 e. The second-order valence-corrected chi connectivity index (χ2v) is 5.61. The van der Waals surface area contributed by atoms with E-state index in [1.165, 1.54) is 6.07 Å². The van der Waals surface area contributed by atoms with Crippen molar-refractivity contribution in [2.45, 2.75) is 13.5 Å². The molecule has 0 heterocycles. The number of nitrogens with one attached hydrogen (secondary N) is 2. The molecule has 126 valence electrons. The summed E-state index contributed by atoms with van der Waals surface area (Å²) in [5.74, 6) is 0.203. The fraction of sp³-hybridized carbons (Fsp3) is 0.176. The van der Waals surface area contributed by atoms with Crippen LogP contribution >= 0.6 is 23.8 Å². The van der Waals surface area contributed by atoms with E-state index in [2.05, 4.69) is 15.8 Å². The van der Waals surface area contributed by atoms with Crippen LogP contribution in [0.25, 0.3) is 0 Å². The SMILES string of the molecule is CCNC(=S)N/N=C/c1cccc(OCc2c(F)cccc2Cl)c1. The molecule has 4 nitrogen and oxygen atoms in total. The molecule has 0 aliphatic rings. The van der Waals surface area contributed by atoms with Gasteiger partial charge in [0.25, 0.3) is 0 Å². The highest BCUT2D eigenvalue weighted by molar-refractivity contribution is 7.80. The van der Waals surface area contributed by atoms with Crippen molar-refractivity contribution in [1.29, 1.82) is 0 Å². The Bertz CT molecular complexity index is 719. The lowest BCUT2D eigenvalue weighted by molar-refractivity contribution is 0.300. The first-order valence-electron chi connectivity index (χ1n) is 7.32. The van der Waals surface area contributed by atoms with Crippen LogP contribution < -0.4 is 15.5 Å². The molecule has 0 saturated carbocycles. The molecule has 0 amide bonds. The average molecular weight is 366 g/mol. The second-order valence-electron chi connectivity index (χ2n) is 4.79. The smallest absolute Gasteiger partial charge is 0.186 e. The maximum absolute atomic E-state index is 13.7. The lowest BCUT2D eigenvalue weighted by Gasteiger charge is -2.09. The number of nitrogens with zero attached hydrogens (tertiary/aromatic N) is 1. The zero-order chi connectivity index (χ0) is 17.4. The van der Waals surface area contributed by atoms with E-state index in [-0.39, 0.29) is 12.4 Å². The Morgan fingerprint density at radius 3 is 2.88 bits per heavy atom. The molecular formula is C17H17ClFN3OS. The number of rotatable bonds is 6. The molecule has 7 heteroatoms. The minimum absolute atomic E-state index is 0.0505. The molecule has 2 aromatic carbocycles. The molecule has 0 fully saturated rings. The van der Waals surface area contributed by atoms with Gasteiger partial charge in [0.15, 0.2) is 5.11 Å². The largest absolute Gasteiger partial charge is 0.489 e. The van der Waals surface area contributed by atoms with E-state index in [0.29, 0.717) is 21.4 Å². The maximum atomic E-state index is 13.7. The van der Waals surface area contributed by atoms with Crippen LogP contribution in [0.1, 0.15) is 18.1 Å². The van der Waals surface area contributed by atoms with Gasteiger partial charge in [-0.1, -0.05) is 29.8 Å². The minimum Gasteiger partial charge on any atom is -0.489 e. The highest BCUT2D eigenvalue weighted by atomic mass is 35.5. The number of ether oxygens (including phenoxy) is 1. The van der Waals surface area contributed by atoms with Gasteiger partial charge in [-0.25, -0.2) is 4.39 Å². The summed E-state index contributed by atoms with van der Waals surface area (Å²) >= 11 is 11.0. The van der Waals surface area contributed by atoms with E-state index in [0.717, 1.165) is 12.1 Å². The third-order valence-corrected chi connectivity index (χ3v) is 3.61. The topological polar surface area (TPSA) is 45.7 Å². The molecule has 0 spiro atoms. The van der Waals surface area contributed by atoms with Crippen LogP contribution in [0.3, 0.4) is 0 Å². The van der Waals surface area contributed by atoms with Crippen LogP contribution in [0.4, 0.5) is 4.39 Å². The predicted molar refractivity (Wildman–Crippen MR) is 99.2 cm³/mol. The van der Waals surface area contributed by atoms with Crippen molar-refractivity contribution in [2.24, 2.45) is 5.10 Å². The normalized spacial score (nSPS) is 10.6. The highest BCUT2D eigenvalue weighted by Crippen LogP contribution is 2.21. The fourth-order valence-corrected chi connectivity index (χ4v) is 2.29. The van der Waals surface area contributed by atoms with Crippen molar-refractivity contribution < 1.29 is 9.13 Å². The van der Waals surface area contributed by atoms with Gasteiger partial charge < -0.3 is 10.1 Å². The van der Waals surface area contributed by atoms with Crippen LogP contribution in [0.5, 0.6) is 5.75 Å². The van der Waals surface area contributed by atoms with Crippen LogP contribution in [-0.2, 0) is 6.61 Å². The van der Waals surface area contributed by atoms with Gasteiger partial charge in [-0.05, 0) is 49.0 Å². The number of hydrazone groups is 1. The van der Waals surface area contributed by atoms with E-state index in [1.54, 1.807) is 30.5 Å². The highest BCUT2D eigenvalue weighted by Gasteiger charge is 2.07. The Kier molecular flexibility index (Phi) is 6.96. The number of halogens is 2. The van der Waals surface area contributed by atoms with Crippen molar-refractivity contribution in [1.82, 2.24) is 10.7 Å². The predicted octanol–water partition coefficient (Wildman–Crippen LogP) is 3.88. The number of hydrogen-bond acceptors (Lipinski definition) is 3. The van der Waals surface area contributed by atoms with Crippen LogP contribution in [0.2, 0.25) is 5.02 Å². The third kappa shape index (κ3) is 5.47. The molecule has 0 saturated heterocycles.